The standard InChI is InChI=1S/C16H11NO3S/c18-17(19)13-9-12(16-7-4-8-20-16)10-15(11-13)21-14-5-2-1-3-6-14/h1-11H. The molecule has 0 saturated carbocycles. The minimum Gasteiger partial charge on any atom is -0.464 e. The lowest BCUT2D eigenvalue weighted by Gasteiger charge is -2.04. The summed E-state index contributed by atoms with van der Waals surface area (Å²) in [6.07, 6.45) is 1.55. The number of non-ortho nitro benzene ring substituents is 1. The Hall–Kier alpha value is -2.53. The zero-order valence-corrected chi connectivity index (χ0v) is 11.7. The van der Waals surface area contributed by atoms with Crippen LogP contribution >= 0.6 is 11.8 Å². The first-order valence-corrected chi connectivity index (χ1v) is 7.10. The molecule has 0 aliphatic carbocycles. The largest absolute Gasteiger partial charge is 0.464 e. The second-order valence-corrected chi connectivity index (χ2v) is 5.51. The normalized spacial score (nSPS) is 10.5. The maximum absolute atomic E-state index is 11.1. The molecule has 0 spiro atoms. The smallest absolute Gasteiger partial charge is 0.271 e. The lowest BCUT2D eigenvalue weighted by molar-refractivity contribution is -0.385. The van der Waals surface area contributed by atoms with Crippen molar-refractivity contribution in [3.05, 3.63) is 77.0 Å². The molecule has 21 heavy (non-hydrogen) atoms. The summed E-state index contributed by atoms with van der Waals surface area (Å²) < 4.78 is 5.33. The molecule has 0 aliphatic heterocycles. The lowest BCUT2D eigenvalue weighted by atomic mass is 10.1. The van der Waals surface area contributed by atoms with Crippen molar-refractivity contribution in [2.45, 2.75) is 9.79 Å². The van der Waals surface area contributed by atoms with Gasteiger partial charge < -0.3 is 4.42 Å². The van der Waals surface area contributed by atoms with Crippen LogP contribution < -0.4 is 0 Å². The average molecular weight is 297 g/mol. The van der Waals surface area contributed by atoms with Crippen LogP contribution in [0.4, 0.5) is 5.69 Å². The third-order valence-corrected chi connectivity index (χ3v) is 3.87. The van der Waals surface area contributed by atoms with Crippen LogP contribution in [0.15, 0.2) is 81.1 Å². The van der Waals surface area contributed by atoms with E-state index in [4.69, 9.17) is 4.42 Å². The van der Waals surface area contributed by atoms with Crippen LogP contribution in [0.25, 0.3) is 11.3 Å². The summed E-state index contributed by atoms with van der Waals surface area (Å²) in [7, 11) is 0. The second-order valence-electron chi connectivity index (χ2n) is 4.37. The Kier molecular flexibility index (Phi) is 3.75. The fraction of sp³-hybridized carbons (Fsp3) is 0. The molecule has 0 fully saturated rings. The summed E-state index contributed by atoms with van der Waals surface area (Å²) in [6.45, 7) is 0. The number of nitro groups is 1. The van der Waals surface area contributed by atoms with Crippen molar-refractivity contribution in [1.82, 2.24) is 0 Å². The SMILES string of the molecule is O=[N+]([O-])c1cc(Sc2ccccc2)cc(-c2ccco2)c1. The average Bonchev–Trinajstić information content (AvgIpc) is 3.02. The summed E-state index contributed by atoms with van der Waals surface area (Å²) in [6, 6.07) is 18.3. The van der Waals surface area contributed by atoms with E-state index in [1.54, 1.807) is 24.5 Å². The van der Waals surface area contributed by atoms with Crippen LogP contribution in [-0.4, -0.2) is 4.92 Å². The van der Waals surface area contributed by atoms with Crippen molar-refractivity contribution in [2.24, 2.45) is 0 Å². The third kappa shape index (κ3) is 3.14. The summed E-state index contributed by atoms with van der Waals surface area (Å²) in [4.78, 5) is 12.5. The summed E-state index contributed by atoms with van der Waals surface area (Å²) >= 11 is 1.48. The van der Waals surface area contributed by atoms with E-state index in [9.17, 15) is 10.1 Å². The molecule has 0 atom stereocenters. The van der Waals surface area contributed by atoms with Crippen LogP contribution in [-0.2, 0) is 0 Å². The molecule has 3 rings (SSSR count). The van der Waals surface area contributed by atoms with Gasteiger partial charge in [0.2, 0.25) is 0 Å². The van der Waals surface area contributed by atoms with Crippen LogP contribution in [0.1, 0.15) is 0 Å². The van der Waals surface area contributed by atoms with Gasteiger partial charge in [-0.3, -0.25) is 10.1 Å². The van der Waals surface area contributed by atoms with E-state index in [1.165, 1.54) is 17.8 Å². The second kappa shape index (κ2) is 5.85. The predicted molar refractivity (Wildman–Crippen MR) is 81.4 cm³/mol. The van der Waals surface area contributed by atoms with Crippen LogP contribution in [0.5, 0.6) is 0 Å². The molecule has 0 N–H and O–H groups in total. The van der Waals surface area contributed by atoms with Gasteiger partial charge in [0.25, 0.3) is 5.69 Å². The first kappa shape index (κ1) is 13.5. The topological polar surface area (TPSA) is 56.3 Å². The van der Waals surface area contributed by atoms with Crippen LogP contribution in [0.2, 0.25) is 0 Å². The zero-order chi connectivity index (χ0) is 14.7. The molecule has 4 nitrogen and oxygen atoms in total. The van der Waals surface area contributed by atoms with Crippen molar-refractivity contribution < 1.29 is 9.34 Å². The van der Waals surface area contributed by atoms with Gasteiger partial charge in [-0.15, -0.1) is 0 Å². The maximum Gasteiger partial charge on any atom is 0.271 e. The van der Waals surface area contributed by atoms with E-state index < -0.39 is 0 Å². The Bertz CT molecular complexity index is 754. The molecule has 0 saturated heterocycles. The van der Waals surface area contributed by atoms with E-state index >= 15 is 0 Å². The number of nitro benzene ring substituents is 1. The molecular formula is C16H11NO3S. The van der Waals surface area contributed by atoms with Crippen molar-refractivity contribution in [2.75, 3.05) is 0 Å². The van der Waals surface area contributed by atoms with Crippen molar-refractivity contribution >= 4 is 17.4 Å². The van der Waals surface area contributed by atoms with Gasteiger partial charge in [0.1, 0.15) is 5.76 Å². The third-order valence-electron chi connectivity index (χ3n) is 2.89. The van der Waals surface area contributed by atoms with Crippen molar-refractivity contribution in [3.63, 3.8) is 0 Å². The Balaban J connectivity index is 2.02. The number of hydrogen-bond donors (Lipinski definition) is 0. The number of benzene rings is 2. The van der Waals surface area contributed by atoms with Gasteiger partial charge in [-0.1, -0.05) is 30.0 Å². The molecule has 0 radical (unpaired) electrons. The maximum atomic E-state index is 11.1. The lowest BCUT2D eigenvalue weighted by Crippen LogP contribution is -1.89. The molecule has 5 heteroatoms. The first-order chi connectivity index (χ1) is 10.2. The van der Waals surface area contributed by atoms with Gasteiger partial charge in [0.05, 0.1) is 11.2 Å². The van der Waals surface area contributed by atoms with Gasteiger partial charge >= 0.3 is 0 Å². The fourth-order valence-corrected chi connectivity index (χ4v) is 2.89. The molecule has 0 unspecified atom stereocenters. The minimum atomic E-state index is -0.387. The van der Waals surface area contributed by atoms with Gasteiger partial charge in [-0.05, 0) is 30.3 Å². The molecular weight excluding hydrogens is 286 g/mol. The van der Waals surface area contributed by atoms with Gasteiger partial charge in [-0.2, -0.15) is 0 Å². The van der Waals surface area contributed by atoms with Gasteiger partial charge in [0, 0.05) is 27.5 Å². The quantitative estimate of drug-likeness (QED) is 0.502. The molecule has 1 heterocycles. The van der Waals surface area contributed by atoms with Gasteiger partial charge in [0.15, 0.2) is 0 Å². The highest BCUT2D eigenvalue weighted by Gasteiger charge is 2.13. The number of hydrogen-bond acceptors (Lipinski definition) is 4. The Morgan fingerprint density at radius 3 is 2.43 bits per heavy atom. The van der Waals surface area contributed by atoms with Crippen LogP contribution in [0.3, 0.4) is 0 Å². The highest BCUT2D eigenvalue weighted by molar-refractivity contribution is 7.99. The summed E-state index contributed by atoms with van der Waals surface area (Å²) in [5, 5.41) is 11.1. The molecule has 0 aliphatic rings. The van der Waals surface area contributed by atoms with Crippen LogP contribution in [0, 0.1) is 10.1 Å². The highest BCUT2D eigenvalue weighted by atomic mass is 32.2. The van der Waals surface area contributed by atoms with E-state index in [2.05, 4.69) is 0 Å². The molecule has 3 aromatic rings. The van der Waals surface area contributed by atoms with E-state index in [0.29, 0.717) is 11.3 Å². The molecule has 1 aromatic heterocycles. The predicted octanol–water partition coefficient (Wildman–Crippen LogP) is 5.01. The molecule has 2 aromatic carbocycles. The number of furan rings is 1. The van der Waals surface area contributed by atoms with E-state index in [0.717, 1.165) is 9.79 Å². The molecule has 0 amide bonds. The minimum absolute atomic E-state index is 0.0577. The van der Waals surface area contributed by atoms with E-state index in [1.807, 2.05) is 36.4 Å². The number of rotatable bonds is 4. The van der Waals surface area contributed by atoms with Crippen molar-refractivity contribution in [1.29, 1.82) is 0 Å². The molecule has 0 bridgehead atoms. The van der Waals surface area contributed by atoms with Crippen molar-refractivity contribution in [3.8, 4) is 11.3 Å². The van der Waals surface area contributed by atoms with Gasteiger partial charge in [-0.25, -0.2) is 0 Å². The summed E-state index contributed by atoms with van der Waals surface area (Å²) in [5.41, 5.74) is 0.759. The zero-order valence-electron chi connectivity index (χ0n) is 10.9. The molecule has 104 valence electrons. The first-order valence-electron chi connectivity index (χ1n) is 6.28. The highest BCUT2D eigenvalue weighted by Crippen LogP contribution is 2.34. The van der Waals surface area contributed by atoms with E-state index in [-0.39, 0.29) is 10.6 Å². The summed E-state index contributed by atoms with van der Waals surface area (Å²) in [5.74, 6) is 0.619. The Morgan fingerprint density at radius 2 is 1.76 bits per heavy atom. The fourth-order valence-electron chi connectivity index (χ4n) is 1.96. The monoisotopic (exact) mass is 297 g/mol. The number of nitrogens with zero attached hydrogens (tertiary/aromatic N) is 1. The Morgan fingerprint density at radius 1 is 0.952 bits per heavy atom. The Labute approximate surface area is 125 Å².